The van der Waals surface area contributed by atoms with E-state index in [9.17, 15) is 4.79 Å². The lowest BCUT2D eigenvalue weighted by Gasteiger charge is -2.33. The van der Waals surface area contributed by atoms with Crippen LogP contribution in [0.5, 0.6) is 0 Å². The summed E-state index contributed by atoms with van der Waals surface area (Å²) in [5.74, 6) is 0.710. The molecular weight excluding hydrogens is 224 g/mol. The first-order valence-corrected chi connectivity index (χ1v) is 7.35. The van der Waals surface area contributed by atoms with Gasteiger partial charge >= 0.3 is 0 Å². The Kier molecular flexibility index (Phi) is 5.64. The highest BCUT2D eigenvalue weighted by atomic mass is 16.2. The van der Waals surface area contributed by atoms with Gasteiger partial charge in [0.1, 0.15) is 0 Å². The highest BCUT2D eigenvalue weighted by Crippen LogP contribution is 2.29. The fourth-order valence-electron chi connectivity index (χ4n) is 2.44. The molecule has 1 heterocycles. The third kappa shape index (κ3) is 4.27. The predicted octanol–water partition coefficient (Wildman–Crippen LogP) is 2.79. The zero-order valence-electron chi connectivity index (χ0n) is 12.5. The van der Waals surface area contributed by atoms with Gasteiger partial charge in [0.05, 0.1) is 0 Å². The maximum Gasteiger partial charge on any atom is 0.223 e. The Bertz CT molecular complexity index is 270. The first-order chi connectivity index (χ1) is 8.36. The van der Waals surface area contributed by atoms with Gasteiger partial charge in [-0.25, -0.2) is 0 Å². The van der Waals surface area contributed by atoms with E-state index in [4.69, 9.17) is 5.73 Å². The normalized spacial score (nSPS) is 23.6. The van der Waals surface area contributed by atoms with E-state index in [-0.39, 0.29) is 11.5 Å². The van der Waals surface area contributed by atoms with E-state index in [1.807, 2.05) is 0 Å². The Morgan fingerprint density at radius 2 is 2.00 bits per heavy atom. The molecule has 1 aliphatic rings. The summed E-state index contributed by atoms with van der Waals surface area (Å²) in [6, 6.07) is 0.271. The highest BCUT2D eigenvalue weighted by molar-refractivity contribution is 5.77. The van der Waals surface area contributed by atoms with E-state index in [1.54, 1.807) is 0 Å². The second-order valence-electron chi connectivity index (χ2n) is 6.80. The smallest absolute Gasteiger partial charge is 0.223 e. The fourth-order valence-corrected chi connectivity index (χ4v) is 2.44. The van der Waals surface area contributed by atoms with Gasteiger partial charge in [-0.05, 0) is 24.2 Å². The fraction of sp³-hybridized carbons (Fsp3) is 0.933. The van der Waals surface area contributed by atoms with Crippen LogP contribution in [0.4, 0.5) is 0 Å². The van der Waals surface area contributed by atoms with E-state index in [0.29, 0.717) is 24.8 Å². The van der Waals surface area contributed by atoms with Crippen molar-refractivity contribution in [2.24, 2.45) is 17.1 Å². The third-order valence-corrected chi connectivity index (χ3v) is 4.43. The van der Waals surface area contributed by atoms with Gasteiger partial charge in [-0.1, -0.05) is 40.5 Å². The molecule has 0 saturated carbocycles. The minimum atomic E-state index is 0.194. The molecule has 18 heavy (non-hydrogen) atoms. The lowest BCUT2D eigenvalue weighted by molar-refractivity contribution is -0.135. The van der Waals surface area contributed by atoms with Gasteiger partial charge < -0.3 is 10.6 Å². The van der Waals surface area contributed by atoms with Gasteiger partial charge in [0.15, 0.2) is 0 Å². The van der Waals surface area contributed by atoms with E-state index in [2.05, 4.69) is 32.6 Å². The van der Waals surface area contributed by atoms with Crippen LogP contribution < -0.4 is 5.73 Å². The molecule has 0 aromatic carbocycles. The van der Waals surface area contributed by atoms with Crippen LogP contribution >= 0.6 is 0 Å². The number of nitrogens with zero attached hydrogens (tertiary/aromatic N) is 1. The largest absolute Gasteiger partial charge is 0.338 e. The molecule has 0 aromatic rings. The lowest BCUT2D eigenvalue weighted by Crippen LogP contribution is -2.45. The summed E-state index contributed by atoms with van der Waals surface area (Å²) in [5.41, 5.74) is 6.02. The number of carbonyl (C=O) groups is 1. The molecule has 1 saturated heterocycles. The van der Waals surface area contributed by atoms with Crippen LogP contribution in [0.2, 0.25) is 0 Å². The quantitative estimate of drug-likeness (QED) is 0.842. The SMILES string of the molecule is CC(CC(=O)N1CCCCCC1CN)C(C)(C)C. The first-order valence-electron chi connectivity index (χ1n) is 7.35. The van der Waals surface area contributed by atoms with E-state index in [0.717, 1.165) is 19.4 Å². The topological polar surface area (TPSA) is 46.3 Å². The summed E-state index contributed by atoms with van der Waals surface area (Å²) in [5, 5.41) is 0. The molecule has 0 aromatic heterocycles. The van der Waals surface area contributed by atoms with Gasteiger partial charge in [-0.2, -0.15) is 0 Å². The molecule has 0 bridgehead atoms. The van der Waals surface area contributed by atoms with Crippen LogP contribution in [-0.4, -0.2) is 29.9 Å². The first kappa shape index (κ1) is 15.5. The number of hydrogen-bond donors (Lipinski definition) is 1. The summed E-state index contributed by atoms with van der Waals surface area (Å²) in [7, 11) is 0. The van der Waals surface area contributed by atoms with Gasteiger partial charge in [0.2, 0.25) is 5.91 Å². The average molecular weight is 254 g/mol. The van der Waals surface area contributed by atoms with Gasteiger partial charge in [0, 0.05) is 25.6 Å². The number of carbonyl (C=O) groups excluding carboxylic acids is 1. The van der Waals surface area contributed by atoms with E-state index < -0.39 is 0 Å². The maximum absolute atomic E-state index is 12.4. The zero-order chi connectivity index (χ0) is 13.8. The van der Waals surface area contributed by atoms with Crippen LogP contribution in [0.3, 0.4) is 0 Å². The molecule has 1 rings (SSSR count). The standard InChI is InChI=1S/C15H30N2O/c1-12(15(2,3)4)10-14(18)17-9-7-5-6-8-13(17)11-16/h12-13H,5-11,16H2,1-4H3. The maximum atomic E-state index is 12.4. The predicted molar refractivity (Wildman–Crippen MR) is 76.3 cm³/mol. The molecule has 2 N–H and O–H groups in total. The second kappa shape index (κ2) is 6.55. The van der Waals surface area contributed by atoms with Gasteiger partial charge in [-0.3, -0.25) is 4.79 Å². The van der Waals surface area contributed by atoms with Gasteiger partial charge in [-0.15, -0.1) is 0 Å². The Hall–Kier alpha value is -0.570. The number of rotatable bonds is 3. The summed E-state index contributed by atoms with van der Waals surface area (Å²) < 4.78 is 0. The molecule has 2 atom stereocenters. The minimum absolute atomic E-state index is 0.194. The van der Waals surface area contributed by atoms with Crippen molar-refractivity contribution in [3.63, 3.8) is 0 Å². The van der Waals surface area contributed by atoms with Crippen molar-refractivity contribution in [3.05, 3.63) is 0 Å². The molecule has 1 aliphatic heterocycles. The van der Waals surface area contributed by atoms with Crippen molar-refractivity contribution < 1.29 is 4.79 Å². The molecule has 0 spiro atoms. The summed E-state index contributed by atoms with van der Waals surface area (Å²) in [4.78, 5) is 14.5. The number of hydrogen-bond acceptors (Lipinski definition) is 2. The molecule has 3 heteroatoms. The Morgan fingerprint density at radius 3 is 2.56 bits per heavy atom. The van der Waals surface area contributed by atoms with E-state index >= 15 is 0 Å². The van der Waals surface area contributed by atoms with Crippen molar-refractivity contribution in [2.45, 2.75) is 65.8 Å². The summed E-state index contributed by atoms with van der Waals surface area (Å²) in [6.07, 6.45) is 5.30. The third-order valence-electron chi connectivity index (χ3n) is 4.43. The number of amides is 1. The van der Waals surface area contributed by atoms with Crippen LogP contribution in [0.25, 0.3) is 0 Å². The molecule has 0 radical (unpaired) electrons. The molecule has 2 unspecified atom stereocenters. The van der Waals surface area contributed by atoms with Crippen molar-refractivity contribution in [3.8, 4) is 0 Å². The van der Waals surface area contributed by atoms with Crippen molar-refractivity contribution >= 4 is 5.91 Å². The molecular formula is C15H30N2O. The molecule has 3 nitrogen and oxygen atoms in total. The summed E-state index contributed by atoms with van der Waals surface area (Å²) >= 11 is 0. The minimum Gasteiger partial charge on any atom is -0.338 e. The van der Waals surface area contributed by atoms with E-state index in [1.165, 1.54) is 12.8 Å². The monoisotopic (exact) mass is 254 g/mol. The number of nitrogens with two attached hydrogens (primary N) is 1. The van der Waals surface area contributed by atoms with Crippen molar-refractivity contribution in [1.29, 1.82) is 0 Å². The summed E-state index contributed by atoms with van der Waals surface area (Å²) in [6.45, 7) is 10.3. The van der Waals surface area contributed by atoms with Crippen molar-refractivity contribution in [1.82, 2.24) is 4.90 Å². The molecule has 1 amide bonds. The molecule has 0 aliphatic carbocycles. The number of likely N-dealkylation sites (tertiary alicyclic amines) is 1. The highest BCUT2D eigenvalue weighted by Gasteiger charge is 2.28. The Labute approximate surface area is 112 Å². The Balaban J connectivity index is 2.62. The Morgan fingerprint density at radius 1 is 1.33 bits per heavy atom. The molecule has 106 valence electrons. The molecule has 1 fully saturated rings. The lowest BCUT2D eigenvalue weighted by atomic mass is 9.80. The second-order valence-corrected chi connectivity index (χ2v) is 6.80. The van der Waals surface area contributed by atoms with Crippen molar-refractivity contribution in [2.75, 3.05) is 13.1 Å². The van der Waals surface area contributed by atoms with Gasteiger partial charge in [0.25, 0.3) is 0 Å². The zero-order valence-corrected chi connectivity index (χ0v) is 12.5. The van der Waals surface area contributed by atoms with Crippen LogP contribution in [-0.2, 0) is 4.79 Å². The van der Waals surface area contributed by atoms with Crippen LogP contribution in [0, 0.1) is 11.3 Å². The average Bonchev–Trinajstić information content (AvgIpc) is 2.52. The van der Waals surface area contributed by atoms with Crippen LogP contribution in [0.15, 0.2) is 0 Å². The van der Waals surface area contributed by atoms with Crippen LogP contribution in [0.1, 0.15) is 59.8 Å².